The number of pyridine rings is 1. The molecule has 3 aliphatic heterocycles. The van der Waals surface area contributed by atoms with Gasteiger partial charge in [-0.2, -0.15) is 5.10 Å². The van der Waals surface area contributed by atoms with Crippen molar-refractivity contribution in [3.8, 4) is 0 Å². The first kappa shape index (κ1) is 16.8. The summed E-state index contributed by atoms with van der Waals surface area (Å²) in [5, 5.41) is 4.16. The van der Waals surface area contributed by atoms with Crippen LogP contribution in [0.3, 0.4) is 0 Å². The zero-order valence-corrected chi connectivity index (χ0v) is 14.7. The molecule has 2 amide bonds. The van der Waals surface area contributed by atoms with E-state index in [1.807, 2.05) is 22.1 Å². The second-order valence-corrected chi connectivity index (χ2v) is 7.11. The average molecular weight is 353 g/mol. The van der Waals surface area contributed by atoms with Crippen molar-refractivity contribution >= 4 is 11.8 Å². The number of nitrogens with zero attached hydrogens (tertiary/aromatic N) is 5. The van der Waals surface area contributed by atoms with Gasteiger partial charge in [0.2, 0.25) is 5.91 Å². The lowest BCUT2D eigenvalue weighted by Crippen LogP contribution is -2.47. The van der Waals surface area contributed by atoms with Gasteiger partial charge in [-0.15, -0.1) is 0 Å². The molecular weight excluding hydrogens is 330 g/mol. The van der Waals surface area contributed by atoms with Gasteiger partial charge in [-0.25, -0.2) is 0 Å². The van der Waals surface area contributed by atoms with E-state index in [0.717, 1.165) is 19.4 Å². The summed E-state index contributed by atoms with van der Waals surface area (Å²) in [6.45, 7) is 2.67. The zero-order chi connectivity index (χ0) is 17.9. The number of carbonyl (C=O) groups excluding carboxylic acids is 2. The van der Waals surface area contributed by atoms with Gasteiger partial charge in [-0.3, -0.25) is 19.3 Å². The van der Waals surface area contributed by atoms with E-state index < -0.39 is 0 Å². The van der Waals surface area contributed by atoms with Gasteiger partial charge >= 0.3 is 0 Å². The van der Waals surface area contributed by atoms with Crippen LogP contribution in [0.4, 0.5) is 0 Å². The lowest BCUT2D eigenvalue weighted by Gasteiger charge is -2.36. The van der Waals surface area contributed by atoms with Crippen LogP contribution in [-0.2, 0) is 11.3 Å². The molecule has 3 aliphatic rings. The summed E-state index contributed by atoms with van der Waals surface area (Å²) in [5.74, 6) is 0.523. The summed E-state index contributed by atoms with van der Waals surface area (Å²) in [6.07, 6.45) is 9.36. The summed E-state index contributed by atoms with van der Waals surface area (Å²) in [6, 6.07) is 5.56. The molecular formula is C19H23N5O2. The Labute approximate surface area is 152 Å². The van der Waals surface area contributed by atoms with Gasteiger partial charge in [-0.1, -0.05) is 0 Å². The lowest BCUT2D eigenvalue weighted by atomic mass is 9.94. The van der Waals surface area contributed by atoms with Gasteiger partial charge < -0.3 is 9.80 Å². The number of aromatic nitrogens is 3. The monoisotopic (exact) mass is 353 g/mol. The fourth-order valence-electron chi connectivity index (χ4n) is 4.01. The number of fused-ring (bicyclic) bond motifs is 4. The standard InChI is InChI=1S/C19H23N5O2/c25-18(6-10-23-9-2-8-21-23)24-13-15-4-5-17(24)14-22(12-15)19(26)16-3-1-7-20-11-16/h1-3,7-9,11,15,17H,4-6,10,12-14H2/t15-,17+/m1/s1. The fourth-order valence-corrected chi connectivity index (χ4v) is 4.01. The molecule has 2 aromatic heterocycles. The third-order valence-corrected chi connectivity index (χ3v) is 5.34. The molecule has 2 atom stereocenters. The van der Waals surface area contributed by atoms with Gasteiger partial charge in [0.05, 0.1) is 5.56 Å². The molecule has 7 nitrogen and oxygen atoms in total. The molecule has 0 aromatic carbocycles. The number of amides is 2. The molecule has 0 radical (unpaired) electrons. The zero-order valence-electron chi connectivity index (χ0n) is 14.7. The van der Waals surface area contributed by atoms with Crippen LogP contribution in [0.1, 0.15) is 29.6 Å². The highest BCUT2D eigenvalue weighted by atomic mass is 16.2. The predicted octanol–water partition coefficient (Wildman–Crippen LogP) is 1.43. The van der Waals surface area contributed by atoms with E-state index in [1.54, 1.807) is 35.4 Å². The summed E-state index contributed by atoms with van der Waals surface area (Å²) in [4.78, 5) is 33.5. The molecule has 2 aromatic rings. The van der Waals surface area contributed by atoms with E-state index in [1.165, 1.54) is 0 Å². The van der Waals surface area contributed by atoms with Gasteiger partial charge in [0.15, 0.2) is 0 Å². The van der Waals surface area contributed by atoms with Crippen LogP contribution in [0.15, 0.2) is 43.0 Å². The molecule has 7 heteroatoms. The van der Waals surface area contributed by atoms with E-state index in [9.17, 15) is 9.59 Å². The van der Waals surface area contributed by atoms with E-state index >= 15 is 0 Å². The molecule has 5 rings (SSSR count). The van der Waals surface area contributed by atoms with E-state index in [-0.39, 0.29) is 17.9 Å². The Morgan fingerprint density at radius 3 is 2.81 bits per heavy atom. The minimum absolute atomic E-state index is 0.0147. The highest BCUT2D eigenvalue weighted by Gasteiger charge is 2.38. The SMILES string of the molecule is O=C(c1cccnc1)N1C[C@H]2CC[C@@H](C1)N(C(=O)CCn1cccn1)C2. The Bertz CT molecular complexity index is 762. The van der Waals surface area contributed by atoms with Crippen molar-refractivity contribution < 1.29 is 9.59 Å². The van der Waals surface area contributed by atoms with Crippen LogP contribution in [-0.4, -0.2) is 62.1 Å². The highest BCUT2D eigenvalue weighted by molar-refractivity contribution is 5.94. The first-order valence-electron chi connectivity index (χ1n) is 9.17. The van der Waals surface area contributed by atoms with Crippen molar-refractivity contribution in [1.82, 2.24) is 24.6 Å². The van der Waals surface area contributed by atoms with Crippen LogP contribution in [0.25, 0.3) is 0 Å². The quantitative estimate of drug-likeness (QED) is 0.834. The molecule has 26 heavy (non-hydrogen) atoms. The first-order valence-corrected chi connectivity index (χ1v) is 9.17. The van der Waals surface area contributed by atoms with Crippen LogP contribution < -0.4 is 0 Å². The number of piperidine rings is 1. The third kappa shape index (κ3) is 3.47. The Kier molecular flexibility index (Phi) is 4.69. The van der Waals surface area contributed by atoms with Crippen molar-refractivity contribution in [1.29, 1.82) is 0 Å². The second kappa shape index (κ2) is 7.27. The fraction of sp³-hybridized carbons (Fsp3) is 0.474. The molecule has 0 unspecified atom stereocenters. The number of hydrogen-bond acceptors (Lipinski definition) is 4. The van der Waals surface area contributed by atoms with E-state index in [2.05, 4.69) is 10.1 Å². The van der Waals surface area contributed by atoms with Gasteiger partial charge in [-0.05, 0) is 37.0 Å². The number of hydrogen-bond donors (Lipinski definition) is 0. The van der Waals surface area contributed by atoms with Crippen LogP contribution in [0, 0.1) is 5.92 Å². The molecule has 0 spiro atoms. The summed E-state index contributed by atoms with van der Waals surface area (Å²) in [5.41, 5.74) is 0.616. The molecule has 136 valence electrons. The van der Waals surface area contributed by atoms with Crippen molar-refractivity contribution in [2.24, 2.45) is 5.92 Å². The van der Waals surface area contributed by atoms with Gasteiger partial charge in [0, 0.05) is 63.4 Å². The van der Waals surface area contributed by atoms with Crippen molar-refractivity contribution in [3.05, 3.63) is 48.5 Å². The number of carbonyl (C=O) groups is 2. The average Bonchev–Trinajstić information content (AvgIpc) is 3.04. The Balaban J connectivity index is 1.43. The van der Waals surface area contributed by atoms with Crippen molar-refractivity contribution in [2.45, 2.75) is 31.8 Å². The largest absolute Gasteiger partial charge is 0.338 e. The molecule has 5 heterocycles. The van der Waals surface area contributed by atoms with Gasteiger partial charge in [0.25, 0.3) is 5.91 Å². The first-order chi connectivity index (χ1) is 12.7. The number of aryl methyl sites for hydroxylation is 1. The van der Waals surface area contributed by atoms with Gasteiger partial charge in [0.1, 0.15) is 0 Å². The van der Waals surface area contributed by atoms with Crippen LogP contribution in [0.2, 0.25) is 0 Å². The summed E-state index contributed by atoms with van der Waals surface area (Å²) in [7, 11) is 0. The van der Waals surface area contributed by atoms with E-state index in [4.69, 9.17) is 0 Å². The van der Waals surface area contributed by atoms with Crippen molar-refractivity contribution in [2.75, 3.05) is 19.6 Å². The minimum atomic E-state index is 0.0147. The maximum Gasteiger partial charge on any atom is 0.255 e. The molecule has 3 saturated heterocycles. The highest BCUT2D eigenvalue weighted by Crippen LogP contribution is 2.29. The third-order valence-electron chi connectivity index (χ3n) is 5.34. The van der Waals surface area contributed by atoms with Crippen LogP contribution in [0.5, 0.6) is 0 Å². The summed E-state index contributed by atoms with van der Waals surface area (Å²) >= 11 is 0. The normalized spacial score (nSPS) is 22.3. The molecule has 3 fully saturated rings. The number of rotatable bonds is 4. The smallest absolute Gasteiger partial charge is 0.255 e. The maximum absolute atomic E-state index is 12.8. The molecule has 0 aliphatic carbocycles. The molecule has 0 saturated carbocycles. The van der Waals surface area contributed by atoms with Crippen LogP contribution >= 0.6 is 0 Å². The summed E-state index contributed by atoms with van der Waals surface area (Å²) < 4.78 is 1.78. The van der Waals surface area contributed by atoms with E-state index in [0.29, 0.717) is 37.5 Å². The Morgan fingerprint density at radius 2 is 2.04 bits per heavy atom. The Hall–Kier alpha value is -2.70. The van der Waals surface area contributed by atoms with Crippen molar-refractivity contribution in [3.63, 3.8) is 0 Å². The molecule has 0 N–H and O–H groups in total. The topological polar surface area (TPSA) is 71.3 Å². The second-order valence-electron chi connectivity index (χ2n) is 7.11. The minimum Gasteiger partial charge on any atom is -0.338 e. The lowest BCUT2D eigenvalue weighted by molar-refractivity contribution is -0.135. The predicted molar refractivity (Wildman–Crippen MR) is 95.2 cm³/mol. The maximum atomic E-state index is 12.8. The Morgan fingerprint density at radius 1 is 1.12 bits per heavy atom. The molecule has 2 bridgehead atoms.